The first-order valence-electron chi connectivity index (χ1n) is 6.25. The van der Waals surface area contributed by atoms with Crippen LogP contribution in [0.3, 0.4) is 0 Å². The highest BCUT2D eigenvalue weighted by Crippen LogP contribution is 2.29. The monoisotopic (exact) mass is 444 g/mol. The number of hydrogen-bond donors (Lipinski definition) is 0. The Kier molecular flexibility index (Phi) is 5.21. The van der Waals surface area contributed by atoms with Gasteiger partial charge in [-0.2, -0.15) is 0 Å². The Labute approximate surface area is 140 Å². The van der Waals surface area contributed by atoms with Crippen LogP contribution in [-0.2, 0) is 0 Å². The van der Waals surface area contributed by atoms with Crippen molar-refractivity contribution in [3.05, 3.63) is 61.6 Å². The van der Waals surface area contributed by atoms with Crippen LogP contribution in [0.1, 0.15) is 35.7 Å². The fraction of sp³-hybridized carbons (Fsp3) is 0.188. The molecule has 0 atom stereocenters. The van der Waals surface area contributed by atoms with Gasteiger partial charge in [0.15, 0.2) is 0 Å². The van der Waals surface area contributed by atoms with Gasteiger partial charge >= 0.3 is 5.97 Å². The van der Waals surface area contributed by atoms with E-state index in [9.17, 15) is 4.79 Å². The second kappa shape index (κ2) is 6.72. The van der Waals surface area contributed by atoms with Gasteiger partial charge in [-0.25, -0.2) is 4.79 Å². The average molecular weight is 445 g/mol. The van der Waals surface area contributed by atoms with Crippen molar-refractivity contribution in [3.8, 4) is 5.75 Å². The van der Waals surface area contributed by atoms with Crippen LogP contribution in [-0.4, -0.2) is 5.97 Å². The number of ether oxygens (including phenoxy) is 1. The highest BCUT2D eigenvalue weighted by Gasteiger charge is 2.14. The van der Waals surface area contributed by atoms with Gasteiger partial charge in [0.05, 0.1) is 10.0 Å². The normalized spacial score (nSPS) is 10.7. The summed E-state index contributed by atoms with van der Waals surface area (Å²) < 4.78 is 7.13. The zero-order valence-electron chi connectivity index (χ0n) is 11.2. The van der Waals surface area contributed by atoms with E-state index in [1.165, 1.54) is 5.56 Å². The lowest BCUT2D eigenvalue weighted by molar-refractivity contribution is 0.0732. The van der Waals surface area contributed by atoms with Gasteiger partial charge < -0.3 is 4.74 Å². The standard InChI is InChI=1S/C16H14BrIO2/c1-10(2)11-7-8-15(13(17)9-11)20-16(19)12-5-3-4-6-14(12)18/h3-10H,1-2H3. The number of carbonyl (C=O) groups is 1. The molecule has 0 fully saturated rings. The zero-order chi connectivity index (χ0) is 14.7. The molecular weight excluding hydrogens is 431 g/mol. The summed E-state index contributed by atoms with van der Waals surface area (Å²) in [6.45, 7) is 4.25. The molecule has 104 valence electrons. The van der Waals surface area contributed by atoms with Crippen molar-refractivity contribution < 1.29 is 9.53 Å². The Morgan fingerprint density at radius 2 is 1.90 bits per heavy atom. The van der Waals surface area contributed by atoms with Crippen LogP contribution in [0.4, 0.5) is 0 Å². The quantitative estimate of drug-likeness (QED) is 0.360. The molecule has 2 nitrogen and oxygen atoms in total. The molecule has 0 spiro atoms. The van der Waals surface area contributed by atoms with E-state index in [0.29, 0.717) is 17.2 Å². The maximum absolute atomic E-state index is 12.2. The van der Waals surface area contributed by atoms with Gasteiger partial charge in [-0.15, -0.1) is 0 Å². The van der Waals surface area contributed by atoms with Crippen molar-refractivity contribution in [1.29, 1.82) is 0 Å². The maximum Gasteiger partial charge on any atom is 0.344 e. The van der Waals surface area contributed by atoms with Crippen molar-refractivity contribution in [2.24, 2.45) is 0 Å². The highest BCUT2D eigenvalue weighted by atomic mass is 127. The summed E-state index contributed by atoms with van der Waals surface area (Å²) in [6.07, 6.45) is 0. The second-order valence-corrected chi connectivity index (χ2v) is 6.73. The third-order valence-corrected chi connectivity index (χ3v) is 4.48. The molecule has 4 heteroatoms. The first-order chi connectivity index (χ1) is 9.49. The van der Waals surface area contributed by atoms with Crippen LogP contribution in [0.25, 0.3) is 0 Å². The molecule has 2 rings (SSSR count). The Morgan fingerprint density at radius 1 is 1.20 bits per heavy atom. The highest BCUT2D eigenvalue weighted by molar-refractivity contribution is 14.1. The van der Waals surface area contributed by atoms with E-state index in [4.69, 9.17) is 4.74 Å². The van der Waals surface area contributed by atoms with Gasteiger partial charge in [0.25, 0.3) is 0 Å². The molecule has 0 amide bonds. The second-order valence-electron chi connectivity index (χ2n) is 4.71. The summed E-state index contributed by atoms with van der Waals surface area (Å²) in [7, 11) is 0. The van der Waals surface area contributed by atoms with Crippen LogP contribution >= 0.6 is 38.5 Å². The number of rotatable bonds is 3. The SMILES string of the molecule is CC(C)c1ccc(OC(=O)c2ccccc2I)c(Br)c1. The van der Waals surface area contributed by atoms with E-state index in [0.717, 1.165) is 8.04 Å². The molecule has 0 N–H and O–H groups in total. The first kappa shape index (κ1) is 15.5. The lowest BCUT2D eigenvalue weighted by atomic mass is 10.0. The summed E-state index contributed by atoms with van der Waals surface area (Å²) in [4.78, 5) is 12.2. The third kappa shape index (κ3) is 3.61. The topological polar surface area (TPSA) is 26.3 Å². The summed E-state index contributed by atoms with van der Waals surface area (Å²) >= 11 is 5.58. The van der Waals surface area contributed by atoms with Gasteiger partial charge in [-0.1, -0.05) is 32.0 Å². The van der Waals surface area contributed by atoms with Gasteiger partial charge in [0.2, 0.25) is 0 Å². The predicted octanol–water partition coefficient (Wildman–Crippen LogP) is 5.40. The Morgan fingerprint density at radius 3 is 2.50 bits per heavy atom. The molecule has 0 aliphatic rings. The summed E-state index contributed by atoms with van der Waals surface area (Å²) in [6, 6.07) is 13.2. The molecule has 0 aromatic heterocycles. The Bertz CT molecular complexity index is 638. The van der Waals surface area contributed by atoms with E-state index in [1.807, 2.05) is 36.4 Å². The predicted molar refractivity (Wildman–Crippen MR) is 92.3 cm³/mol. The molecule has 0 aliphatic heterocycles. The summed E-state index contributed by atoms with van der Waals surface area (Å²) in [5, 5.41) is 0. The lowest BCUT2D eigenvalue weighted by Gasteiger charge is -2.10. The van der Waals surface area contributed by atoms with E-state index in [1.54, 1.807) is 6.07 Å². The molecule has 20 heavy (non-hydrogen) atoms. The molecule has 0 saturated carbocycles. The molecule has 0 unspecified atom stereocenters. The summed E-state index contributed by atoms with van der Waals surface area (Å²) in [5.41, 5.74) is 1.78. The molecule has 0 bridgehead atoms. The number of halogens is 2. The van der Waals surface area contributed by atoms with Crippen LogP contribution in [0.5, 0.6) is 5.75 Å². The number of hydrogen-bond acceptors (Lipinski definition) is 2. The van der Waals surface area contributed by atoms with Crippen molar-refractivity contribution in [3.63, 3.8) is 0 Å². The molecule has 0 heterocycles. The van der Waals surface area contributed by atoms with Crippen LogP contribution in [0, 0.1) is 3.57 Å². The van der Waals surface area contributed by atoms with E-state index in [2.05, 4.69) is 52.4 Å². The van der Waals surface area contributed by atoms with Crippen LogP contribution in [0.15, 0.2) is 46.9 Å². The number of esters is 1. The molecule has 2 aromatic rings. The van der Waals surface area contributed by atoms with Crippen LogP contribution < -0.4 is 4.74 Å². The Balaban J connectivity index is 2.22. The van der Waals surface area contributed by atoms with Crippen molar-refractivity contribution in [2.45, 2.75) is 19.8 Å². The van der Waals surface area contributed by atoms with E-state index >= 15 is 0 Å². The van der Waals surface area contributed by atoms with E-state index < -0.39 is 0 Å². The average Bonchev–Trinajstić information content (AvgIpc) is 2.41. The minimum Gasteiger partial charge on any atom is -0.422 e. The number of carbonyl (C=O) groups excluding carboxylic acids is 1. The molecule has 0 aliphatic carbocycles. The smallest absolute Gasteiger partial charge is 0.344 e. The minimum atomic E-state index is -0.340. The summed E-state index contributed by atoms with van der Waals surface area (Å²) in [5.74, 6) is 0.637. The largest absolute Gasteiger partial charge is 0.422 e. The molecular formula is C16H14BrIO2. The fourth-order valence-corrected chi connectivity index (χ4v) is 2.83. The minimum absolute atomic E-state index is 0.340. The molecule has 0 radical (unpaired) electrons. The maximum atomic E-state index is 12.2. The van der Waals surface area contributed by atoms with Gasteiger partial charge in [-0.05, 0) is 74.3 Å². The van der Waals surface area contributed by atoms with Crippen LogP contribution in [0.2, 0.25) is 0 Å². The fourth-order valence-electron chi connectivity index (χ4n) is 1.74. The van der Waals surface area contributed by atoms with Gasteiger partial charge in [-0.3, -0.25) is 0 Å². The Hall–Kier alpha value is -0.880. The van der Waals surface area contributed by atoms with Gasteiger partial charge in [0, 0.05) is 3.57 Å². The first-order valence-corrected chi connectivity index (χ1v) is 8.12. The zero-order valence-corrected chi connectivity index (χ0v) is 14.9. The van der Waals surface area contributed by atoms with E-state index in [-0.39, 0.29) is 5.97 Å². The lowest BCUT2D eigenvalue weighted by Crippen LogP contribution is -2.10. The van der Waals surface area contributed by atoms with Crippen molar-refractivity contribution >= 4 is 44.5 Å². The van der Waals surface area contributed by atoms with Crippen molar-refractivity contribution in [2.75, 3.05) is 0 Å². The third-order valence-electron chi connectivity index (χ3n) is 2.92. The number of benzene rings is 2. The van der Waals surface area contributed by atoms with Crippen molar-refractivity contribution in [1.82, 2.24) is 0 Å². The molecule has 0 saturated heterocycles. The molecule has 2 aromatic carbocycles. The van der Waals surface area contributed by atoms with Gasteiger partial charge in [0.1, 0.15) is 5.75 Å².